The Labute approximate surface area is 176 Å². The van der Waals surface area contributed by atoms with Crippen LogP contribution in [0.2, 0.25) is 5.02 Å². The van der Waals surface area contributed by atoms with E-state index >= 15 is 0 Å². The van der Waals surface area contributed by atoms with Gasteiger partial charge in [0.25, 0.3) is 5.56 Å². The lowest BCUT2D eigenvalue weighted by atomic mass is 10.2. The first kappa shape index (κ1) is 20.1. The highest BCUT2D eigenvalue weighted by molar-refractivity contribution is 7.99. The molecule has 0 fully saturated rings. The van der Waals surface area contributed by atoms with Gasteiger partial charge in [0, 0.05) is 16.8 Å². The molecule has 2 aromatic carbocycles. The van der Waals surface area contributed by atoms with Crippen LogP contribution in [-0.2, 0) is 9.84 Å². The van der Waals surface area contributed by atoms with Crippen molar-refractivity contribution >= 4 is 44.1 Å². The van der Waals surface area contributed by atoms with Crippen molar-refractivity contribution in [2.24, 2.45) is 0 Å². The van der Waals surface area contributed by atoms with Crippen molar-refractivity contribution in [1.29, 1.82) is 0 Å². The molecule has 1 aromatic heterocycles. The summed E-state index contributed by atoms with van der Waals surface area (Å²) in [6, 6.07) is 8.71. The summed E-state index contributed by atoms with van der Waals surface area (Å²) in [5, 5.41) is 1.30. The quantitative estimate of drug-likeness (QED) is 0.549. The number of thioether (sulfide) groups is 1. The van der Waals surface area contributed by atoms with E-state index in [2.05, 4.69) is 4.98 Å². The molecule has 0 aliphatic carbocycles. The van der Waals surface area contributed by atoms with Crippen molar-refractivity contribution in [2.45, 2.75) is 16.1 Å². The third-order valence-electron chi connectivity index (χ3n) is 4.73. The molecule has 3 aromatic rings. The summed E-state index contributed by atoms with van der Waals surface area (Å²) in [6.07, 6.45) is 0. The second kappa shape index (κ2) is 7.55. The van der Waals surface area contributed by atoms with Crippen LogP contribution in [0.3, 0.4) is 0 Å². The van der Waals surface area contributed by atoms with Crippen molar-refractivity contribution in [2.75, 3.05) is 25.7 Å². The summed E-state index contributed by atoms with van der Waals surface area (Å²) >= 11 is 7.21. The lowest BCUT2D eigenvalue weighted by molar-refractivity contribution is 0.355. The van der Waals surface area contributed by atoms with Gasteiger partial charge in [-0.25, -0.2) is 13.4 Å². The van der Waals surface area contributed by atoms with Gasteiger partial charge in [0.05, 0.1) is 41.8 Å². The number of halogens is 1. The highest BCUT2D eigenvalue weighted by Gasteiger charge is 2.31. The maximum Gasteiger partial charge on any atom is 0.262 e. The zero-order valence-electron chi connectivity index (χ0n) is 15.6. The van der Waals surface area contributed by atoms with E-state index < -0.39 is 15.9 Å². The fourth-order valence-electron chi connectivity index (χ4n) is 3.29. The maximum atomic E-state index is 13.2. The van der Waals surface area contributed by atoms with Crippen LogP contribution in [0.25, 0.3) is 10.9 Å². The molecule has 1 aliphatic rings. The minimum absolute atomic E-state index is 0.175. The number of hydrogen-bond acceptors (Lipinski definition) is 7. The molecular weight excluding hydrogens is 436 g/mol. The number of rotatable bonds is 5. The van der Waals surface area contributed by atoms with E-state index in [0.717, 1.165) is 0 Å². The van der Waals surface area contributed by atoms with Crippen LogP contribution in [-0.4, -0.2) is 43.7 Å². The Morgan fingerprint density at radius 1 is 1.17 bits per heavy atom. The molecule has 152 valence electrons. The van der Waals surface area contributed by atoms with Gasteiger partial charge >= 0.3 is 0 Å². The van der Waals surface area contributed by atoms with Gasteiger partial charge in [-0.1, -0.05) is 23.4 Å². The summed E-state index contributed by atoms with van der Waals surface area (Å²) in [5.41, 5.74) is 0.180. The third kappa shape index (κ3) is 3.58. The Morgan fingerprint density at radius 3 is 2.48 bits per heavy atom. The molecule has 1 atom stereocenters. The van der Waals surface area contributed by atoms with Crippen molar-refractivity contribution < 1.29 is 17.9 Å². The number of sulfone groups is 1. The standard InChI is InChI=1S/C19H17ClN2O5S2/c1-26-16-7-14-15(8-17(16)27-2)21-19-22(18(14)23)12(9-28-19)10-29(24,25)13-5-3-11(20)4-6-13/h3-8,12H,9-10H2,1-2H3/t12-/m0/s1. The average Bonchev–Trinajstić information content (AvgIpc) is 3.09. The van der Waals surface area contributed by atoms with Gasteiger partial charge < -0.3 is 9.47 Å². The number of methoxy groups -OCH3 is 2. The molecule has 4 rings (SSSR count). The average molecular weight is 453 g/mol. The van der Waals surface area contributed by atoms with Crippen LogP contribution in [0.5, 0.6) is 11.5 Å². The second-order valence-corrected chi connectivity index (χ2v) is 9.95. The van der Waals surface area contributed by atoms with Crippen molar-refractivity contribution in [3.05, 3.63) is 51.8 Å². The van der Waals surface area contributed by atoms with E-state index in [9.17, 15) is 13.2 Å². The molecule has 1 aliphatic heterocycles. The Bertz CT molecular complexity index is 1260. The van der Waals surface area contributed by atoms with Gasteiger partial charge in [-0.3, -0.25) is 9.36 Å². The van der Waals surface area contributed by atoms with Crippen LogP contribution in [0.4, 0.5) is 0 Å². The number of nitrogens with zero attached hydrogens (tertiary/aromatic N) is 2. The molecule has 0 N–H and O–H groups in total. The monoisotopic (exact) mass is 452 g/mol. The topological polar surface area (TPSA) is 87.5 Å². The zero-order valence-corrected chi connectivity index (χ0v) is 18.0. The molecular formula is C19H17ClN2O5S2. The minimum atomic E-state index is -3.60. The van der Waals surface area contributed by atoms with Gasteiger partial charge in [-0.15, -0.1) is 0 Å². The SMILES string of the molecule is COc1cc2nc3n(c(=O)c2cc1OC)[C@H](CS(=O)(=O)c1ccc(Cl)cc1)CS3. The van der Waals surface area contributed by atoms with E-state index in [1.165, 1.54) is 54.8 Å². The normalized spacial score (nSPS) is 16.0. The molecule has 2 heterocycles. The summed E-state index contributed by atoms with van der Waals surface area (Å²) in [7, 11) is -0.605. The number of benzene rings is 2. The number of hydrogen-bond donors (Lipinski definition) is 0. The minimum Gasteiger partial charge on any atom is -0.493 e. The van der Waals surface area contributed by atoms with Gasteiger partial charge in [0.15, 0.2) is 26.5 Å². The fourth-order valence-corrected chi connectivity index (χ4v) is 6.22. The molecule has 0 saturated heterocycles. The lowest BCUT2D eigenvalue weighted by Gasteiger charge is -2.15. The van der Waals surface area contributed by atoms with Crippen LogP contribution in [0.1, 0.15) is 6.04 Å². The molecule has 7 nitrogen and oxygen atoms in total. The number of ether oxygens (including phenoxy) is 2. The first-order chi connectivity index (χ1) is 13.8. The Morgan fingerprint density at radius 2 is 1.83 bits per heavy atom. The molecule has 0 amide bonds. The molecule has 10 heteroatoms. The van der Waals surface area contributed by atoms with Gasteiger partial charge in [0.2, 0.25) is 0 Å². The molecule has 29 heavy (non-hydrogen) atoms. The zero-order chi connectivity index (χ0) is 20.8. The molecule has 0 unspecified atom stereocenters. The smallest absolute Gasteiger partial charge is 0.262 e. The number of fused-ring (bicyclic) bond motifs is 2. The molecule has 0 bridgehead atoms. The largest absolute Gasteiger partial charge is 0.493 e. The summed E-state index contributed by atoms with van der Waals surface area (Å²) in [4.78, 5) is 17.9. The van der Waals surface area contributed by atoms with E-state index in [0.29, 0.717) is 38.3 Å². The first-order valence-electron chi connectivity index (χ1n) is 8.63. The lowest BCUT2D eigenvalue weighted by Crippen LogP contribution is -2.29. The summed E-state index contributed by atoms with van der Waals surface area (Å²) in [5.74, 6) is 1.13. The predicted molar refractivity (Wildman–Crippen MR) is 112 cm³/mol. The van der Waals surface area contributed by atoms with Crippen LogP contribution in [0, 0.1) is 0 Å². The van der Waals surface area contributed by atoms with Crippen LogP contribution in [0.15, 0.2) is 51.2 Å². The summed E-state index contributed by atoms with van der Waals surface area (Å²) < 4.78 is 37.7. The van der Waals surface area contributed by atoms with E-state index in [-0.39, 0.29) is 16.2 Å². The number of aromatic nitrogens is 2. The molecule has 0 saturated carbocycles. The van der Waals surface area contributed by atoms with Crippen LogP contribution >= 0.6 is 23.4 Å². The van der Waals surface area contributed by atoms with Crippen molar-refractivity contribution in [3.63, 3.8) is 0 Å². The van der Waals surface area contributed by atoms with E-state index in [1.807, 2.05) is 0 Å². The van der Waals surface area contributed by atoms with Crippen molar-refractivity contribution in [3.8, 4) is 11.5 Å². The fraction of sp³-hybridized carbons (Fsp3) is 0.263. The van der Waals surface area contributed by atoms with Crippen molar-refractivity contribution in [1.82, 2.24) is 9.55 Å². The van der Waals surface area contributed by atoms with E-state index in [1.54, 1.807) is 12.1 Å². The third-order valence-corrected chi connectivity index (χ3v) is 7.89. The summed E-state index contributed by atoms with van der Waals surface area (Å²) in [6.45, 7) is 0. The van der Waals surface area contributed by atoms with E-state index in [4.69, 9.17) is 21.1 Å². The van der Waals surface area contributed by atoms with Crippen LogP contribution < -0.4 is 15.0 Å². The highest BCUT2D eigenvalue weighted by atomic mass is 35.5. The Hall–Kier alpha value is -2.23. The molecule has 0 spiro atoms. The molecule has 0 radical (unpaired) electrons. The second-order valence-electron chi connectivity index (χ2n) is 6.49. The Balaban J connectivity index is 1.77. The van der Waals surface area contributed by atoms with Gasteiger partial charge in [-0.05, 0) is 30.3 Å². The Kier molecular flexibility index (Phi) is 5.22. The predicted octanol–water partition coefficient (Wildman–Crippen LogP) is 3.19. The first-order valence-corrected chi connectivity index (χ1v) is 11.6. The van der Waals surface area contributed by atoms with Gasteiger partial charge in [-0.2, -0.15) is 0 Å². The highest BCUT2D eigenvalue weighted by Crippen LogP contribution is 2.36. The van der Waals surface area contributed by atoms with Gasteiger partial charge in [0.1, 0.15) is 0 Å². The maximum absolute atomic E-state index is 13.2.